The quantitative estimate of drug-likeness (QED) is 0.588. The Balaban J connectivity index is 1.30. The number of nitrogens with zero attached hydrogens (tertiary/aromatic N) is 2. The fourth-order valence-electron chi connectivity index (χ4n) is 6.49. The second kappa shape index (κ2) is 9.23. The van der Waals surface area contributed by atoms with Crippen molar-refractivity contribution in [2.45, 2.75) is 64.5 Å². The Bertz CT molecular complexity index is 914. The number of hydrogen-bond acceptors (Lipinski definition) is 4. The van der Waals surface area contributed by atoms with Gasteiger partial charge < -0.3 is 9.80 Å². The minimum absolute atomic E-state index is 0.141. The molecule has 6 atom stereocenters. The van der Waals surface area contributed by atoms with Crippen molar-refractivity contribution >= 4 is 35.0 Å². The number of amides is 4. The highest BCUT2D eigenvalue weighted by atomic mass is 16.2. The summed E-state index contributed by atoms with van der Waals surface area (Å²) in [6.07, 6.45) is 5.00. The first kappa shape index (κ1) is 23.2. The third-order valence-electron chi connectivity index (χ3n) is 8.26. The van der Waals surface area contributed by atoms with Crippen LogP contribution in [0.1, 0.15) is 52.4 Å². The van der Waals surface area contributed by atoms with Crippen LogP contribution in [0.25, 0.3) is 0 Å². The Labute approximate surface area is 200 Å². The molecule has 2 unspecified atom stereocenters. The van der Waals surface area contributed by atoms with Crippen LogP contribution in [0.4, 0.5) is 11.4 Å². The zero-order chi connectivity index (χ0) is 24.0. The van der Waals surface area contributed by atoms with Crippen molar-refractivity contribution in [3.63, 3.8) is 0 Å². The van der Waals surface area contributed by atoms with Crippen LogP contribution in [0.2, 0.25) is 0 Å². The lowest BCUT2D eigenvalue weighted by molar-refractivity contribution is -0.923. The van der Waals surface area contributed by atoms with Crippen LogP contribution in [-0.2, 0) is 19.2 Å². The van der Waals surface area contributed by atoms with Gasteiger partial charge >= 0.3 is 0 Å². The van der Waals surface area contributed by atoms with E-state index in [9.17, 15) is 19.2 Å². The van der Waals surface area contributed by atoms with Gasteiger partial charge in [-0.25, -0.2) is 9.80 Å². The summed E-state index contributed by atoms with van der Waals surface area (Å²) in [5, 5.41) is 0. The molecule has 0 saturated carbocycles. The van der Waals surface area contributed by atoms with E-state index in [-0.39, 0.29) is 48.6 Å². The van der Waals surface area contributed by atoms with E-state index in [1.54, 1.807) is 24.3 Å². The summed E-state index contributed by atoms with van der Waals surface area (Å²) in [7, 11) is 0. The summed E-state index contributed by atoms with van der Waals surface area (Å²) < 4.78 is 0. The van der Waals surface area contributed by atoms with Crippen molar-refractivity contribution in [3.05, 3.63) is 24.3 Å². The maximum absolute atomic E-state index is 13.2. The van der Waals surface area contributed by atoms with Gasteiger partial charge in [-0.05, 0) is 49.9 Å². The number of carbonyl (C=O) groups is 4. The Morgan fingerprint density at radius 1 is 0.676 bits per heavy atom. The number of quaternary nitrogens is 2. The van der Waals surface area contributed by atoms with Gasteiger partial charge in [-0.1, -0.05) is 13.8 Å². The number of anilines is 2. The lowest BCUT2D eigenvalue weighted by atomic mass is 9.98. The van der Waals surface area contributed by atoms with Gasteiger partial charge in [0.05, 0.1) is 50.4 Å². The predicted octanol–water partition coefficient (Wildman–Crippen LogP) is -0.420. The number of likely N-dealkylation sites (tertiary alicyclic amines) is 2. The maximum Gasteiger partial charge on any atom is 0.292 e. The van der Waals surface area contributed by atoms with Gasteiger partial charge in [0.2, 0.25) is 11.8 Å². The van der Waals surface area contributed by atoms with Crippen LogP contribution in [0.15, 0.2) is 24.3 Å². The summed E-state index contributed by atoms with van der Waals surface area (Å²) in [5.74, 6) is 0.495. The van der Waals surface area contributed by atoms with Crippen LogP contribution < -0.4 is 19.6 Å². The fraction of sp³-hybridized carbons (Fsp3) is 0.615. The lowest BCUT2D eigenvalue weighted by Gasteiger charge is -2.31. The molecule has 0 bridgehead atoms. The van der Waals surface area contributed by atoms with Crippen LogP contribution >= 0.6 is 0 Å². The van der Waals surface area contributed by atoms with E-state index in [4.69, 9.17) is 0 Å². The van der Waals surface area contributed by atoms with E-state index < -0.39 is 0 Å². The van der Waals surface area contributed by atoms with Crippen LogP contribution in [0.3, 0.4) is 0 Å². The Morgan fingerprint density at radius 2 is 1.06 bits per heavy atom. The molecule has 0 aliphatic carbocycles. The topological polar surface area (TPSA) is 83.6 Å². The van der Waals surface area contributed by atoms with Crippen molar-refractivity contribution in [1.82, 2.24) is 0 Å². The van der Waals surface area contributed by atoms with E-state index in [1.807, 2.05) is 0 Å². The summed E-state index contributed by atoms with van der Waals surface area (Å²) in [6.45, 7) is 8.12. The molecule has 4 aliphatic heterocycles. The highest BCUT2D eigenvalue weighted by Gasteiger charge is 2.48. The summed E-state index contributed by atoms with van der Waals surface area (Å²) in [5.41, 5.74) is 1.02. The molecule has 0 radical (unpaired) electrons. The van der Waals surface area contributed by atoms with Gasteiger partial charge in [-0.3, -0.25) is 19.2 Å². The standard InChI is InChI=1S/C26H34N4O4/c1-17-5-3-11-27(15-17)21-13-23(31)29(25(21)33)19-7-9-20(10-8-19)30-24(32)14-22(26(30)34)28-12-4-6-18(2)16-28/h7-10,17-18,21-22H,3-6,11-16H2,1-2H3/p+2/t17-,18+,21-,22+. The molecule has 4 heterocycles. The number of nitrogens with one attached hydrogen (secondary N) is 2. The molecular weight excluding hydrogens is 432 g/mol. The van der Waals surface area contributed by atoms with Crippen LogP contribution in [0, 0.1) is 11.8 Å². The van der Waals surface area contributed by atoms with Crippen molar-refractivity contribution < 1.29 is 29.0 Å². The van der Waals surface area contributed by atoms with Crippen molar-refractivity contribution in [1.29, 1.82) is 0 Å². The number of benzene rings is 1. The first-order chi connectivity index (χ1) is 16.3. The van der Waals surface area contributed by atoms with Crippen molar-refractivity contribution in [3.8, 4) is 0 Å². The summed E-state index contributed by atoms with van der Waals surface area (Å²) in [6, 6.07) is 6.12. The second-order valence-electron chi connectivity index (χ2n) is 10.9. The van der Waals surface area contributed by atoms with E-state index in [2.05, 4.69) is 13.8 Å². The Kier molecular flexibility index (Phi) is 6.29. The Morgan fingerprint density at radius 3 is 1.41 bits per heavy atom. The molecule has 4 amide bonds. The number of imide groups is 2. The minimum atomic E-state index is -0.313. The molecule has 8 heteroatoms. The van der Waals surface area contributed by atoms with Gasteiger partial charge in [-0.15, -0.1) is 0 Å². The van der Waals surface area contributed by atoms with Crippen LogP contribution in [-0.4, -0.2) is 61.9 Å². The van der Waals surface area contributed by atoms with Gasteiger partial charge in [0.1, 0.15) is 0 Å². The fourth-order valence-corrected chi connectivity index (χ4v) is 6.49. The molecule has 182 valence electrons. The van der Waals surface area contributed by atoms with E-state index >= 15 is 0 Å². The molecular formula is C26H36N4O4+2. The maximum atomic E-state index is 13.2. The third-order valence-corrected chi connectivity index (χ3v) is 8.26. The minimum Gasteiger partial charge on any atom is -0.324 e. The predicted molar refractivity (Wildman–Crippen MR) is 126 cm³/mol. The summed E-state index contributed by atoms with van der Waals surface area (Å²) in [4.78, 5) is 56.9. The monoisotopic (exact) mass is 468 g/mol. The molecule has 0 aromatic heterocycles. The third kappa shape index (κ3) is 4.18. The molecule has 4 saturated heterocycles. The summed E-state index contributed by atoms with van der Waals surface area (Å²) >= 11 is 0. The smallest absolute Gasteiger partial charge is 0.292 e. The van der Waals surface area contributed by atoms with Gasteiger partial charge in [-0.2, -0.15) is 0 Å². The second-order valence-corrected chi connectivity index (χ2v) is 10.9. The molecule has 8 nitrogen and oxygen atoms in total. The zero-order valence-corrected chi connectivity index (χ0v) is 20.2. The highest BCUT2D eigenvalue weighted by Crippen LogP contribution is 2.28. The largest absolute Gasteiger partial charge is 0.324 e. The van der Waals surface area contributed by atoms with E-state index in [1.165, 1.54) is 32.4 Å². The molecule has 0 spiro atoms. The lowest BCUT2D eigenvalue weighted by Crippen LogP contribution is -3.18. The average Bonchev–Trinajstić information content (AvgIpc) is 3.28. The molecule has 5 rings (SSSR count). The Hall–Kier alpha value is -2.58. The normalized spacial score (nSPS) is 34.9. The van der Waals surface area contributed by atoms with E-state index in [0.29, 0.717) is 23.2 Å². The number of piperidine rings is 2. The highest BCUT2D eigenvalue weighted by molar-refractivity contribution is 6.23. The molecule has 1 aromatic rings. The SMILES string of the molecule is C[C@@H]1CCC[NH+]([C@@H]2CC(=O)N(c3ccc(N4C(=O)C[C@H]([NH+]5CCC[C@H](C)C5)C4=O)cc3)C2=O)C1. The number of hydrogen-bond donors (Lipinski definition) is 2. The van der Waals surface area contributed by atoms with Gasteiger partial charge in [0.25, 0.3) is 11.8 Å². The van der Waals surface area contributed by atoms with E-state index in [0.717, 1.165) is 39.0 Å². The number of rotatable bonds is 4. The average molecular weight is 469 g/mol. The van der Waals surface area contributed by atoms with Crippen molar-refractivity contribution in [2.24, 2.45) is 11.8 Å². The zero-order valence-electron chi connectivity index (χ0n) is 20.2. The molecule has 2 N–H and O–H groups in total. The van der Waals surface area contributed by atoms with Crippen molar-refractivity contribution in [2.75, 3.05) is 36.0 Å². The van der Waals surface area contributed by atoms with Gasteiger partial charge in [0, 0.05) is 11.8 Å². The van der Waals surface area contributed by atoms with Crippen LogP contribution in [0.5, 0.6) is 0 Å². The van der Waals surface area contributed by atoms with Gasteiger partial charge in [0.15, 0.2) is 12.1 Å². The molecule has 4 aliphatic rings. The molecule has 4 fully saturated rings. The first-order valence-electron chi connectivity index (χ1n) is 12.9. The molecule has 1 aromatic carbocycles. The number of carbonyl (C=O) groups excluding carboxylic acids is 4. The molecule has 34 heavy (non-hydrogen) atoms. The first-order valence-corrected chi connectivity index (χ1v) is 12.9.